The number of para-hydroxylation sites is 1. The van der Waals surface area contributed by atoms with Crippen molar-refractivity contribution < 1.29 is 28.6 Å². The van der Waals surface area contributed by atoms with E-state index in [1.807, 2.05) is 91.0 Å². The first kappa shape index (κ1) is 26.9. The number of methoxy groups -OCH3 is 1. The third kappa shape index (κ3) is 5.24. The Morgan fingerprint density at radius 2 is 1.57 bits per heavy atom. The Kier molecular flexibility index (Phi) is 7.47. The molecule has 1 aliphatic heterocycles. The number of hydrogen-bond donors (Lipinski definition) is 1. The number of Topliss-reactive ketones (excluding diaryl/α,β-unsaturated/α-hetero) is 1. The number of ketones is 1. The van der Waals surface area contributed by atoms with Gasteiger partial charge in [-0.2, -0.15) is 0 Å². The lowest BCUT2D eigenvalue weighted by Crippen LogP contribution is -2.33. The number of amides is 1. The molecule has 5 aromatic rings. The Morgan fingerprint density at radius 3 is 2.26 bits per heavy atom. The van der Waals surface area contributed by atoms with E-state index in [-0.39, 0.29) is 11.3 Å². The Morgan fingerprint density at radius 1 is 0.881 bits per heavy atom. The summed E-state index contributed by atoms with van der Waals surface area (Å²) in [6, 6.07) is 33.0. The van der Waals surface area contributed by atoms with Gasteiger partial charge in [-0.1, -0.05) is 84.9 Å². The van der Waals surface area contributed by atoms with Crippen molar-refractivity contribution in [3.8, 4) is 11.5 Å². The summed E-state index contributed by atoms with van der Waals surface area (Å²) in [6.07, 6.45) is 0.554. The number of benzene rings is 4. The number of aliphatic hydroxyl groups excluding tert-OH is 1. The van der Waals surface area contributed by atoms with Gasteiger partial charge in [-0.15, -0.1) is 0 Å². The molecule has 0 fully saturated rings. The van der Waals surface area contributed by atoms with Gasteiger partial charge in [0.15, 0.2) is 22.9 Å². The van der Waals surface area contributed by atoms with Crippen molar-refractivity contribution in [2.75, 3.05) is 13.7 Å². The molecule has 6 rings (SSSR count). The molecular weight excluding hydrogens is 530 g/mol. The highest BCUT2D eigenvalue weighted by Gasteiger charge is 2.44. The van der Waals surface area contributed by atoms with Crippen molar-refractivity contribution in [3.05, 3.63) is 143 Å². The first-order valence-electron chi connectivity index (χ1n) is 13.7. The van der Waals surface area contributed by atoms with Gasteiger partial charge in [0.2, 0.25) is 5.78 Å². The summed E-state index contributed by atoms with van der Waals surface area (Å²) < 4.78 is 17.3. The molecule has 4 aromatic carbocycles. The van der Waals surface area contributed by atoms with Crippen molar-refractivity contribution in [1.82, 2.24) is 4.90 Å². The molecule has 1 N–H and O–H groups in total. The molecule has 1 aromatic heterocycles. The highest BCUT2D eigenvalue weighted by molar-refractivity contribution is 6.16. The van der Waals surface area contributed by atoms with Gasteiger partial charge >= 0.3 is 0 Å². The van der Waals surface area contributed by atoms with Gasteiger partial charge in [-0.25, -0.2) is 0 Å². The summed E-state index contributed by atoms with van der Waals surface area (Å²) in [5.74, 6) is -0.586. The number of hydrogen-bond acceptors (Lipinski definition) is 6. The Bertz CT molecular complexity index is 1760. The van der Waals surface area contributed by atoms with Crippen LogP contribution in [0.4, 0.5) is 0 Å². The molecule has 1 amide bonds. The van der Waals surface area contributed by atoms with Gasteiger partial charge in [0, 0.05) is 11.9 Å². The van der Waals surface area contributed by atoms with Crippen molar-refractivity contribution in [1.29, 1.82) is 0 Å². The van der Waals surface area contributed by atoms with E-state index in [0.29, 0.717) is 47.6 Å². The second-order valence-corrected chi connectivity index (χ2v) is 10.1. The third-order valence-electron chi connectivity index (χ3n) is 7.43. The van der Waals surface area contributed by atoms with E-state index in [1.54, 1.807) is 23.1 Å². The van der Waals surface area contributed by atoms with E-state index in [9.17, 15) is 14.7 Å². The monoisotopic (exact) mass is 559 g/mol. The first-order chi connectivity index (χ1) is 20.5. The highest BCUT2D eigenvalue weighted by atomic mass is 16.5. The van der Waals surface area contributed by atoms with Crippen molar-refractivity contribution >= 4 is 22.7 Å². The maximum absolute atomic E-state index is 13.9. The quantitative estimate of drug-likeness (QED) is 0.189. The zero-order chi connectivity index (χ0) is 29.1. The van der Waals surface area contributed by atoms with Crippen LogP contribution in [0.2, 0.25) is 0 Å². The van der Waals surface area contributed by atoms with Gasteiger partial charge in [-0.05, 0) is 47.4 Å². The van der Waals surface area contributed by atoms with Crippen LogP contribution in [0.3, 0.4) is 0 Å². The summed E-state index contributed by atoms with van der Waals surface area (Å²) in [5, 5.41) is 11.8. The first-order valence-corrected chi connectivity index (χ1v) is 13.7. The second kappa shape index (κ2) is 11.7. The van der Waals surface area contributed by atoms with Crippen LogP contribution in [0, 0.1) is 0 Å². The molecule has 42 heavy (non-hydrogen) atoms. The third-order valence-corrected chi connectivity index (χ3v) is 7.43. The fraction of sp³-hybridized carbons (Fsp3) is 0.143. The zero-order valence-corrected chi connectivity index (χ0v) is 23.0. The lowest BCUT2D eigenvalue weighted by atomic mass is 9.94. The molecule has 7 nitrogen and oxygen atoms in total. The van der Waals surface area contributed by atoms with Crippen LogP contribution in [0.5, 0.6) is 11.5 Å². The molecule has 1 atom stereocenters. The minimum absolute atomic E-state index is 0.0153. The minimum Gasteiger partial charge on any atom is -0.503 e. The normalized spacial score (nSPS) is 14.9. The molecule has 0 saturated heterocycles. The van der Waals surface area contributed by atoms with Crippen LogP contribution < -0.4 is 9.47 Å². The number of carbonyl (C=O) groups excluding carboxylic acids is 2. The molecule has 1 aliphatic rings. The number of ether oxygens (including phenoxy) is 2. The lowest BCUT2D eigenvalue weighted by Gasteiger charge is -2.27. The number of aliphatic hydroxyl groups is 1. The van der Waals surface area contributed by atoms with Crippen LogP contribution in [-0.4, -0.2) is 35.4 Å². The van der Waals surface area contributed by atoms with Gasteiger partial charge in [0.1, 0.15) is 12.4 Å². The number of carbonyl (C=O) groups is 2. The maximum Gasteiger partial charge on any atom is 0.290 e. The van der Waals surface area contributed by atoms with Gasteiger partial charge in [-0.3, -0.25) is 9.59 Å². The van der Waals surface area contributed by atoms with Gasteiger partial charge < -0.3 is 23.9 Å². The molecule has 0 aliphatic carbocycles. The number of rotatable bonds is 10. The minimum atomic E-state index is -0.813. The second-order valence-electron chi connectivity index (χ2n) is 10.1. The van der Waals surface area contributed by atoms with Crippen LogP contribution in [0.1, 0.15) is 33.3 Å². The smallest absolute Gasteiger partial charge is 0.290 e. The van der Waals surface area contributed by atoms with E-state index < -0.39 is 23.5 Å². The van der Waals surface area contributed by atoms with E-state index in [1.165, 1.54) is 7.11 Å². The predicted molar refractivity (Wildman–Crippen MR) is 159 cm³/mol. The van der Waals surface area contributed by atoms with E-state index >= 15 is 0 Å². The number of furan rings is 1. The number of nitrogens with zero attached hydrogens (tertiary/aromatic N) is 1. The van der Waals surface area contributed by atoms with E-state index in [4.69, 9.17) is 13.9 Å². The lowest BCUT2D eigenvalue weighted by molar-refractivity contribution is -0.129. The molecule has 1 unspecified atom stereocenters. The topological polar surface area (TPSA) is 89.2 Å². The summed E-state index contributed by atoms with van der Waals surface area (Å²) in [7, 11) is 1.52. The van der Waals surface area contributed by atoms with E-state index in [2.05, 4.69) is 0 Å². The van der Waals surface area contributed by atoms with Crippen molar-refractivity contribution in [3.63, 3.8) is 0 Å². The zero-order valence-electron chi connectivity index (χ0n) is 23.0. The average molecular weight is 560 g/mol. The summed E-state index contributed by atoms with van der Waals surface area (Å²) in [6.45, 7) is 0.708. The average Bonchev–Trinajstić information content (AvgIpc) is 3.59. The summed E-state index contributed by atoms with van der Waals surface area (Å²) in [5.41, 5.74) is 3.15. The van der Waals surface area contributed by atoms with E-state index in [0.717, 1.165) is 11.1 Å². The standard InChI is InChI=1S/C35H29NO6/c1-40-28-14-8-13-26-21-29(42-34(26)28)32(37)30-31(36(35(39)33(30)38)20-19-23-9-4-2-5-10-23)25-15-17-27(18-16-25)41-22-24-11-6-3-7-12-24/h2-18,21,31,38H,19-20,22H2,1H3. The largest absolute Gasteiger partial charge is 0.503 e. The summed E-state index contributed by atoms with van der Waals surface area (Å²) in [4.78, 5) is 28.9. The Balaban J connectivity index is 1.33. The molecular formula is C35H29NO6. The van der Waals surface area contributed by atoms with Crippen molar-refractivity contribution in [2.24, 2.45) is 0 Å². The number of fused-ring (bicyclic) bond motifs is 1. The van der Waals surface area contributed by atoms with Gasteiger partial charge in [0.25, 0.3) is 5.91 Å². The molecule has 0 saturated carbocycles. The van der Waals surface area contributed by atoms with Crippen LogP contribution in [0.25, 0.3) is 11.0 Å². The maximum atomic E-state index is 13.9. The van der Waals surface area contributed by atoms with Crippen LogP contribution in [-0.2, 0) is 17.8 Å². The fourth-order valence-electron chi connectivity index (χ4n) is 5.29. The fourth-order valence-corrected chi connectivity index (χ4v) is 5.29. The Labute approximate surface area is 243 Å². The highest BCUT2D eigenvalue weighted by Crippen LogP contribution is 2.40. The summed E-state index contributed by atoms with van der Waals surface area (Å²) >= 11 is 0. The van der Waals surface area contributed by atoms with Crippen LogP contribution in [0.15, 0.2) is 125 Å². The SMILES string of the molecule is COc1cccc2cc(C(=O)C3=C(O)C(=O)N(CCc4ccccc4)C3c3ccc(OCc4ccccc4)cc3)oc12. The molecule has 0 radical (unpaired) electrons. The predicted octanol–water partition coefficient (Wildman–Crippen LogP) is 6.84. The molecule has 210 valence electrons. The van der Waals surface area contributed by atoms with Gasteiger partial charge in [0.05, 0.1) is 18.7 Å². The molecule has 0 bridgehead atoms. The Hall–Kier alpha value is -5.30. The molecule has 0 spiro atoms. The van der Waals surface area contributed by atoms with Crippen LogP contribution >= 0.6 is 0 Å². The van der Waals surface area contributed by atoms with Crippen molar-refractivity contribution in [2.45, 2.75) is 19.1 Å². The molecule has 2 heterocycles. The molecule has 7 heteroatoms.